The van der Waals surface area contributed by atoms with E-state index in [4.69, 9.17) is 4.42 Å². The summed E-state index contributed by atoms with van der Waals surface area (Å²) in [4.78, 5) is 0. The predicted octanol–water partition coefficient (Wildman–Crippen LogP) is 17.9. The summed E-state index contributed by atoms with van der Waals surface area (Å²) >= 11 is 0. The first-order chi connectivity index (χ1) is 34.5. The third-order valence-electron chi connectivity index (χ3n) is 15.9. The summed E-state index contributed by atoms with van der Waals surface area (Å²) in [5.74, 6) is -0.173. The van der Waals surface area contributed by atoms with Crippen molar-refractivity contribution in [1.29, 1.82) is 0 Å². The molecular formula is C69H48O. The molecule has 70 heavy (non-hydrogen) atoms. The number of fused-ring (bicyclic) bond motifs is 10. The summed E-state index contributed by atoms with van der Waals surface area (Å²) in [5, 5.41) is 4.65. The molecule has 2 aliphatic rings. The zero-order valence-electron chi connectivity index (χ0n) is 39.2. The number of furan rings is 1. The van der Waals surface area contributed by atoms with E-state index in [1.165, 1.54) is 99.8 Å². The van der Waals surface area contributed by atoms with E-state index in [-0.39, 0.29) is 11.3 Å². The van der Waals surface area contributed by atoms with Gasteiger partial charge in [-0.2, -0.15) is 0 Å². The number of hydrogen-bond acceptors (Lipinski definition) is 1. The fourth-order valence-electron chi connectivity index (χ4n) is 12.8. The van der Waals surface area contributed by atoms with Crippen LogP contribution in [-0.4, -0.2) is 0 Å². The molecule has 1 nitrogen and oxygen atoms in total. The Balaban J connectivity index is 1.06. The molecule has 0 N–H and O–H groups in total. The molecule has 1 unspecified atom stereocenters. The van der Waals surface area contributed by atoms with Crippen LogP contribution in [0.25, 0.3) is 77.2 Å². The van der Waals surface area contributed by atoms with Crippen molar-refractivity contribution in [3.05, 3.63) is 299 Å². The third kappa shape index (κ3) is 5.79. The molecule has 1 aromatic heterocycles. The van der Waals surface area contributed by atoms with E-state index < -0.39 is 5.41 Å². The molecule has 0 saturated heterocycles. The first-order valence-corrected chi connectivity index (χ1v) is 24.6. The molecule has 11 aromatic carbocycles. The van der Waals surface area contributed by atoms with Crippen molar-refractivity contribution in [2.75, 3.05) is 0 Å². The van der Waals surface area contributed by atoms with Crippen molar-refractivity contribution in [2.24, 2.45) is 0 Å². The first kappa shape index (κ1) is 40.5. The van der Waals surface area contributed by atoms with Crippen LogP contribution in [0, 0.1) is 0 Å². The molecule has 14 rings (SSSR count). The van der Waals surface area contributed by atoms with Gasteiger partial charge in [0, 0.05) is 27.7 Å². The van der Waals surface area contributed by atoms with Gasteiger partial charge in [0.1, 0.15) is 11.2 Å². The zero-order valence-corrected chi connectivity index (χ0v) is 39.2. The minimum absolute atomic E-state index is 0.137. The Morgan fingerprint density at radius 3 is 1.70 bits per heavy atom. The van der Waals surface area contributed by atoms with E-state index in [9.17, 15) is 0 Å². The van der Waals surface area contributed by atoms with Gasteiger partial charge < -0.3 is 4.42 Å². The zero-order chi connectivity index (χ0) is 46.6. The van der Waals surface area contributed by atoms with Crippen LogP contribution in [0.2, 0.25) is 0 Å². The van der Waals surface area contributed by atoms with Gasteiger partial charge in [0.05, 0.1) is 5.41 Å². The number of hydrogen-bond donors (Lipinski definition) is 0. The van der Waals surface area contributed by atoms with Crippen molar-refractivity contribution >= 4 is 32.7 Å². The van der Waals surface area contributed by atoms with Gasteiger partial charge in [0.2, 0.25) is 0 Å². The first-order valence-electron chi connectivity index (χ1n) is 24.6. The maximum absolute atomic E-state index is 7.32. The van der Waals surface area contributed by atoms with Crippen molar-refractivity contribution < 1.29 is 4.42 Å². The fourth-order valence-corrected chi connectivity index (χ4v) is 12.8. The van der Waals surface area contributed by atoms with Gasteiger partial charge in [-0.3, -0.25) is 0 Å². The van der Waals surface area contributed by atoms with E-state index in [0.29, 0.717) is 0 Å². The minimum atomic E-state index is -0.540. The SMILES string of the molecule is CC1(C)c2ccccc2-c2ccc(-c3c4ccccc4cc4c3oc3cccc(C(c5ccc6c(c5)C(c5ccccc5)(c5ccccc5)c5ccccc5-6)c5ccccc5-c5ccccc5)c34)cc21. The largest absolute Gasteiger partial charge is 0.455 e. The smallest absolute Gasteiger partial charge is 0.143 e. The van der Waals surface area contributed by atoms with Gasteiger partial charge in [-0.05, 0) is 118 Å². The Labute approximate surface area is 409 Å². The second-order valence-electron chi connectivity index (χ2n) is 19.8. The van der Waals surface area contributed by atoms with Gasteiger partial charge in [0.25, 0.3) is 0 Å². The summed E-state index contributed by atoms with van der Waals surface area (Å²) < 4.78 is 7.32. The molecule has 0 amide bonds. The van der Waals surface area contributed by atoms with Crippen LogP contribution < -0.4 is 0 Å². The van der Waals surface area contributed by atoms with Gasteiger partial charge in [-0.1, -0.05) is 244 Å². The summed E-state index contributed by atoms with van der Waals surface area (Å²) in [5.41, 5.74) is 22.6. The van der Waals surface area contributed by atoms with E-state index in [1.807, 2.05) is 0 Å². The molecule has 0 saturated carbocycles. The van der Waals surface area contributed by atoms with E-state index >= 15 is 0 Å². The van der Waals surface area contributed by atoms with Gasteiger partial charge in [-0.25, -0.2) is 0 Å². The Morgan fingerprint density at radius 2 is 0.943 bits per heavy atom. The van der Waals surface area contributed by atoms with Gasteiger partial charge >= 0.3 is 0 Å². The van der Waals surface area contributed by atoms with E-state index in [0.717, 1.165) is 27.5 Å². The normalized spacial score (nSPS) is 14.3. The molecule has 1 heterocycles. The Bertz CT molecular complexity index is 3980. The monoisotopic (exact) mass is 892 g/mol. The average molecular weight is 893 g/mol. The lowest BCUT2D eigenvalue weighted by atomic mass is 9.67. The van der Waals surface area contributed by atoms with Crippen LogP contribution in [0.15, 0.2) is 253 Å². The lowest BCUT2D eigenvalue weighted by Crippen LogP contribution is -2.28. The lowest BCUT2D eigenvalue weighted by Gasteiger charge is -2.34. The maximum atomic E-state index is 7.32. The van der Waals surface area contributed by atoms with Gasteiger partial charge in [-0.15, -0.1) is 0 Å². The van der Waals surface area contributed by atoms with Crippen LogP contribution in [0.5, 0.6) is 0 Å². The molecule has 2 aliphatic carbocycles. The van der Waals surface area contributed by atoms with Crippen molar-refractivity contribution in [3.8, 4) is 44.5 Å². The lowest BCUT2D eigenvalue weighted by molar-refractivity contribution is 0.660. The standard InChI is InChI=1S/C69H48O/c1-68(2)59-34-18-16-30-52(59)54-39-38-47(42-61(54)68)65-51-29-13-12-23-45(51)41-58-66-57(33-20-36-63(66)70-67(58)65)64(56-32-15-14-28-50(56)44-21-6-3-7-22-44)46-37-40-55-53-31-17-19-35-60(53)69(62(55)43-46,48-24-8-4-9-25-48)49-26-10-5-11-27-49/h3-43,64H,1-2H3. The number of benzene rings is 11. The third-order valence-corrected chi connectivity index (χ3v) is 15.9. The van der Waals surface area contributed by atoms with E-state index in [2.05, 4.69) is 263 Å². The molecule has 0 fully saturated rings. The summed E-state index contributed by atoms with van der Waals surface area (Å²) in [7, 11) is 0. The molecule has 0 radical (unpaired) electrons. The average Bonchev–Trinajstić information content (AvgIpc) is 4.02. The quantitative estimate of drug-likeness (QED) is 0.145. The fraction of sp³-hybridized carbons (Fsp3) is 0.0725. The summed E-state index contributed by atoms with van der Waals surface area (Å²) in [6.07, 6.45) is 0. The minimum Gasteiger partial charge on any atom is -0.455 e. The highest BCUT2D eigenvalue weighted by Gasteiger charge is 2.46. The molecule has 1 atom stereocenters. The molecule has 330 valence electrons. The summed E-state index contributed by atoms with van der Waals surface area (Å²) in [6, 6.07) is 92.6. The molecule has 1 heteroatoms. The van der Waals surface area contributed by atoms with Crippen LogP contribution in [0.4, 0.5) is 0 Å². The van der Waals surface area contributed by atoms with Crippen molar-refractivity contribution in [3.63, 3.8) is 0 Å². The number of rotatable bonds is 7. The second-order valence-corrected chi connectivity index (χ2v) is 19.8. The Morgan fingerprint density at radius 1 is 0.371 bits per heavy atom. The maximum Gasteiger partial charge on any atom is 0.143 e. The molecule has 12 aromatic rings. The van der Waals surface area contributed by atoms with Crippen LogP contribution in [0.1, 0.15) is 69.8 Å². The Hall–Kier alpha value is -8.52. The van der Waals surface area contributed by atoms with Crippen LogP contribution in [0.3, 0.4) is 0 Å². The highest BCUT2D eigenvalue weighted by molar-refractivity contribution is 6.19. The predicted molar refractivity (Wildman–Crippen MR) is 291 cm³/mol. The molecule has 0 spiro atoms. The van der Waals surface area contributed by atoms with E-state index in [1.54, 1.807) is 0 Å². The second kappa shape index (κ2) is 15.5. The topological polar surface area (TPSA) is 13.1 Å². The van der Waals surface area contributed by atoms with Crippen LogP contribution in [-0.2, 0) is 10.8 Å². The molecular weight excluding hydrogens is 845 g/mol. The molecule has 0 aliphatic heterocycles. The Kier molecular flexibility index (Phi) is 8.98. The van der Waals surface area contributed by atoms with Crippen molar-refractivity contribution in [2.45, 2.75) is 30.6 Å². The summed E-state index contributed by atoms with van der Waals surface area (Å²) in [6.45, 7) is 4.73. The highest BCUT2D eigenvalue weighted by atomic mass is 16.3. The highest BCUT2D eigenvalue weighted by Crippen LogP contribution is 2.58. The molecule has 0 bridgehead atoms. The van der Waals surface area contributed by atoms with Crippen molar-refractivity contribution in [1.82, 2.24) is 0 Å². The van der Waals surface area contributed by atoms with Gasteiger partial charge in [0.15, 0.2) is 0 Å². The van der Waals surface area contributed by atoms with Crippen LogP contribution >= 0.6 is 0 Å².